The predicted molar refractivity (Wildman–Crippen MR) is 290 cm³/mol. The smallest absolute Gasteiger partial charge is 0.481 e. The third kappa shape index (κ3) is 15.2. The van der Waals surface area contributed by atoms with Crippen LogP contribution in [-0.2, 0) is 104 Å². The number of phosphoric acid groups is 1. The summed E-state index contributed by atoms with van der Waals surface area (Å²) in [7, 11) is -4.37. The minimum absolute atomic E-state index is 0.152. The Hall–Kier alpha value is -7.13. The molecular formula is C54H58FN5O20P2S. The second-order valence-electron chi connectivity index (χ2n) is 18.7. The molecule has 0 aliphatic carbocycles. The number of aromatic nitrogens is 4. The number of phosphoric ester groups is 1. The van der Waals surface area contributed by atoms with Gasteiger partial charge in [0, 0.05) is 34.6 Å². The van der Waals surface area contributed by atoms with Crippen molar-refractivity contribution >= 4 is 73.2 Å². The summed E-state index contributed by atoms with van der Waals surface area (Å²) in [5.41, 5.74) is 2.58. The first-order valence-electron chi connectivity index (χ1n) is 25.4. The molecule has 25 nitrogen and oxygen atoms in total. The molecule has 12 atom stereocenters. The lowest BCUT2D eigenvalue weighted by Gasteiger charge is -2.45. The first-order chi connectivity index (χ1) is 39.6. The normalized spacial score (nSPS) is 23.4. The number of ether oxygens (including phenoxy) is 9. The van der Waals surface area contributed by atoms with Gasteiger partial charge in [0.05, 0.1) is 26.7 Å². The fraction of sp³-hybridized carbons (Fsp3) is 0.370. The maximum atomic E-state index is 17.2. The quantitative estimate of drug-likeness (QED) is 0.0254. The van der Waals surface area contributed by atoms with Crippen molar-refractivity contribution in [2.45, 2.75) is 108 Å². The molecule has 0 radical (unpaired) electrons. The summed E-state index contributed by atoms with van der Waals surface area (Å²) in [4.78, 5) is 98.2. The van der Waals surface area contributed by atoms with Gasteiger partial charge in [0.25, 0.3) is 0 Å². The number of imidazole rings is 1. The number of carbonyl (C=O) groups excluding carboxylic acids is 5. The zero-order chi connectivity index (χ0) is 59.6. The molecule has 3 N–H and O–H groups in total. The molecule has 2 aliphatic heterocycles. The Balaban J connectivity index is 1.08. The number of hydrogen-bond donors (Lipinski definition) is 3. The average Bonchev–Trinajstić information content (AvgIpc) is 4.13. The van der Waals surface area contributed by atoms with Crippen LogP contribution in [0.25, 0.3) is 11.2 Å². The Morgan fingerprint density at radius 1 is 0.735 bits per heavy atom. The van der Waals surface area contributed by atoms with Crippen molar-refractivity contribution in [1.29, 1.82) is 0 Å². The number of alkyl halides is 1. The highest BCUT2D eigenvalue weighted by molar-refractivity contribution is 8.08. The first-order valence-corrected chi connectivity index (χ1v) is 29.5. The van der Waals surface area contributed by atoms with Crippen LogP contribution < -0.4 is 10.1 Å². The van der Waals surface area contributed by atoms with E-state index in [1.807, 2.05) is 91.0 Å². The van der Waals surface area contributed by atoms with Gasteiger partial charge in [-0.05, 0) is 46.2 Å². The van der Waals surface area contributed by atoms with Crippen LogP contribution in [-0.4, -0.2) is 135 Å². The molecule has 29 heteroatoms. The van der Waals surface area contributed by atoms with Crippen LogP contribution in [0.5, 0.6) is 5.75 Å². The van der Waals surface area contributed by atoms with Crippen LogP contribution in [0, 0.1) is 0 Å². The first kappa shape index (κ1) is 61.9. The van der Waals surface area contributed by atoms with Crippen LogP contribution in [0.3, 0.4) is 0 Å². The maximum Gasteiger partial charge on any atom is 0.481 e. The van der Waals surface area contributed by atoms with Gasteiger partial charge < -0.3 is 62.3 Å². The second-order valence-corrected chi connectivity index (χ2v) is 23.1. The molecule has 2 aliphatic rings. The number of nitrogens with zero attached hydrogens (tertiary/aromatic N) is 4. The molecule has 2 fully saturated rings. The summed E-state index contributed by atoms with van der Waals surface area (Å²) in [6.07, 6.45) is -15.8. The highest BCUT2D eigenvalue weighted by Crippen LogP contribution is 2.62. The van der Waals surface area contributed by atoms with Gasteiger partial charge in [-0.25, -0.2) is 28.2 Å². The molecule has 83 heavy (non-hydrogen) atoms. The van der Waals surface area contributed by atoms with Crippen molar-refractivity contribution in [3.8, 4) is 5.75 Å². The van der Waals surface area contributed by atoms with Crippen molar-refractivity contribution in [2.75, 3.05) is 25.6 Å². The average molecular weight is 1210 g/mol. The maximum absolute atomic E-state index is 17.2. The Labute approximate surface area is 479 Å². The second kappa shape index (κ2) is 27.1. The number of anilines is 1. The molecule has 0 amide bonds. The Bertz CT molecular complexity index is 3240. The standard InChI is InChI=1S/C54H58FN5O20P2S/c1-31(61)70-27-42(73-32(2)62)45-47(74-33(3)63)48(75-34(4)64)49(76-35(5)65)53(78-45)79-81(66,67)80-82(68,83)72-28-41-43(55)46(71-26-36-22-24-40(69-6)25-23-36)52(77-41)60-30-58-44-50(56-29-57-51(44)60)59-54(37-16-10-7-11-17-37,38-18-12-8-13-19-38)39-20-14-9-15-21-39/h7-25,29-30,41-43,45-49,52-53H,26-28H2,1-6H3,(H,66,67)(H,68,83)(H,56,57,59)/t41-,42?,43-,45-,46-,47-,48+,49+,52-,53+,82?/m1/s1. The molecule has 2 saturated heterocycles. The summed E-state index contributed by atoms with van der Waals surface area (Å²) in [5.74, 6) is -4.24. The van der Waals surface area contributed by atoms with E-state index in [9.17, 15) is 38.3 Å². The zero-order valence-corrected chi connectivity index (χ0v) is 47.8. The number of halogens is 1. The van der Waals surface area contributed by atoms with E-state index in [4.69, 9.17) is 72.8 Å². The van der Waals surface area contributed by atoms with Gasteiger partial charge >= 0.3 is 44.4 Å². The van der Waals surface area contributed by atoms with Crippen molar-refractivity contribution in [3.05, 3.63) is 150 Å². The molecule has 0 spiro atoms. The Morgan fingerprint density at radius 2 is 1.30 bits per heavy atom. The number of hydrogen-bond acceptors (Lipinski definition) is 23. The lowest BCUT2D eigenvalue weighted by molar-refractivity contribution is -0.301. The SMILES string of the molecule is COc1ccc(CO[C@@H]2[C@H](F)[C@@H](COP(O)(=S)OP(=O)(O)O[C@@H]3O[C@H](C(COC(C)=O)OC(C)=O)[C@@H](OC(C)=O)[C@H](OC(C)=O)[C@@H]3OC(C)=O)O[C@H]2n2cnc3c(NC(c4ccccc4)(c4ccccc4)c4ccccc4)ncnc32)cc1. The number of nitrogens with one attached hydrogen (secondary N) is 1. The van der Waals surface area contributed by atoms with Crippen molar-refractivity contribution in [2.24, 2.45) is 0 Å². The molecular weight excluding hydrogens is 1150 g/mol. The van der Waals surface area contributed by atoms with Crippen molar-refractivity contribution < 1.29 is 98.7 Å². The number of rotatable bonds is 24. The lowest BCUT2D eigenvalue weighted by Crippen LogP contribution is -2.65. The number of carbonyl (C=O) groups is 5. The summed E-state index contributed by atoms with van der Waals surface area (Å²) < 4.78 is 98.5. The molecule has 8 rings (SSSR count). The van der Waals surface area contributed by atoms with E-state index >= 15 is 4.39 Å². The van der Waals surface area contributed by atoms with Gasteiger partial charge in [0.15, 0.2) is 53.8 Å². The van der Waals surface area contributed by atoms with E-state index in [1.54, 1.807) is 24.3 Å². The van der Waals surface area contributed by atoms with Crippen LogP contribution in [0.4, 0.5) is 10.2 Å². The third-order valence-corrected chi connectivity index (χ3v) is 16.4. The van der Waals surface area contributed by atoms with E-state index in [-0.39, 0.29) is 23.6 Å². The van der Waals surface area contributed by atoms with E-state index < -0.39 is 125 Å². The number of fused-ring (bicyclic) bond motifs is 1. The summed E-state index contributed by atoms with van der Waals surface area (Å²) in [5, 5.41) is 3.70. The van der Waals surface area contributed by atoms with E-state index in [2.05, 4.69) is 15.3 Å². The predicted octanol–water partition coefficient (Wildman–Crippen LogP) is 6.44. The van der Waals surface area contributed by atoms with E-state index in [1.165, 1.54) is 24.3 Å². The van der Waals surface area contributed by atoms with Gasteiger partial charge in [-0.1, -0.05) is 103 Å². The van der Waals surface area contributed by atoms with Crippen LogP contribution >= 0.6 is 14.5 Å². The summed E-state index contributed by atoms with van der Waals surface area (Å²) in [6, 6.07) is 36.0. The fourth-order valence-corrected chi connectivity index (χ4v) is 12.6. The Morgan fingerprint density at radius 3 is 1.84 bits per heavy atom. The summed E-state index contributed by atoms with van der Waals surface area (Å²) in [6.45, 7) is -2.23. The highest BCUT2D eigenvalue weighted by atomic mass is 32.5. The molecule has 3 unspecified atom stereocenters. The van der Waals surface area contributed by atoms with Crippen molar-refractivity contribution in [3.63, 3.8) is 0 Å². The minimum atomic E-state index is -5.87. The van der Waals surface area contributed by atoms with Crippen LogP contribution in [0.2, 0.25) is 0 Å². The minimum Gasteiger partial charge on any atom is -0.497 e. The van der Waals surface area contributed by atoms with E-state index in [0.29, 0.717) is 11.3 Å². The zero-order valence-electron chi connectivity index (χ0n) is 45.2. The molecule has 442 valence electrons. The number of benzene rings is 4. The largest absolute Gasteiger partial charge is 0.497 e. The Kier molecular flexibility index (Phi) is 20.2. The van der Waals surface area contributed by atoms with Gasteiger partial charge in [-0.15, -0.1) is 0 Å². The summed E-state index contributed by atoms with van der Waals surface area (Å²) >= 11 is 5.14. The highest BCUT2D eigenvalue weighted by Gasteiger charge is 2.58. The molecule has 0 saturated carbocycles. The van der Waals surface area contributed by atoms with Crippen LogP contribution in [0.1, 0.15) is 63.1 Å². The molecule has 0 bridgehead atoms. The third-order valence-electron chi connectivity index (χ3n) is 12.8. The van der Waals surface area contributed by atoms with Gasteiger partial charge in [-0.3, -0.25) is 33.1 Å². The molecule has 2 aromatic heterocycles. The van der Waals surface area contributed by atoms with Crippen molar-refractivity contribution in [1.82, 2.24) is 19.5 Å². The van der Waals surface area contributed by atoms with Gasteiger partial charge in [0.2, 0.25) is 6.29 Å². The molecule has 6 aromatic rings. The van der Waals surface area contributed by atoms with E-state index in [0.717, 1.165) is 51.3 Å². The topological polar surface area (TPSA) is 309 Å². The lowest BCUT2D eigenvalue weighted by atomic mass is 9.77. The molecule has 4 aromatic carbocycles. The number of methoxy groups -OCH3 is 1. The van der Waals surface area contributed by atoms with Gasteiger partial charge in [-0.2, -0.15) is 0 Å². The van der Waals surface area contributed by atoms with Gasteiger partial charge in [0.1, 0.15) is 42.5 Å². The monoisotopic (exact) mass is 1210 g/mol. The number of esters is 5. The fourth-order valence-electron chi connectivity index (χ4n) is 9.50. The van der Waals surface area contributed by atoms with Crippen LogP contribution in [0.15, 0.2) is 128 Å². The molecule has 4 heterocycles.